The minimum atomic E-state index is -1.23. The highest BCUT2D eigenvalue weighted by molar-refractivity contribution is 5.70. The predicted molar refractivity (Wildman–Crippen MR) is 119 cm³/mol. The summed E-state index contributed by atoms with van der Waals surface area (Å²) in [5.74, 6) is -0.108. The van der Waals surface area contributed by atoms with Gasteiger partial charge in [-0.05, 0) is 74.9 Å². The van der Waals surface area contributed by atoms with Crippen molar-refractivity contribution >= 4 is 5.69 Å². The van der Waals surface area contributed by atoms with Crippen molar-refractivity contribution in [2.75, 3.05) is 25.0 Å². The van der Waals surface area contributed by atoms with Gasteiger partial charge in [0.1, 0.15) is 11.5 Å². The van der Waals surface area contributed by atoms with E-state index >= 15 is 0 Å². The van der Waals surface area contributed by atoms with Gasteiger partial charge in [0.15, 0.2) is 0 Å². The number of fused-ring (bicyclic) bond motifs is 1. The molecule has 0 saturated carbocycles. The van der Waals surface area contributed by atoms with Crippen LogP contribution in [0.1, 0.15) is 64.0 Å². The summed E-state index contributed by atoms with van der Waals surface area (Å²) in [6.07, 6.45) is 10.1. The zero-order valence-corrected chi connectivity index (χ0v) is 18.4. The number of alkyl halides is 1. The van der Waals surface area contributed by atoms with E-state index in [1.54, 1.807) is 19.9 Å². The van der Waals surface area contributed by atoms with Crippen LogP contribution in [-0.4, -0.2) is 25.8 Å². The van der Waals surface area contributed by atoms with Gasteiger partial charge in [0.25, 0.3) is 0 Å². The van der Waals surface area contributed by atoms with Crippen molar-refractivity contribution in [2.45, 2.75) is 65.0 Å². The lowest BCUT2D eigenvalue weighted by Crippen LogP contribution is -2.32. The van der Waals surface area contributed by atoms with Crippen molar-refractivity contribution in [3.05, 3.63) is 64.1 Å². The zero-order chi connectivity index (χ0) is 21.2. The number of halogens is 2. The van der Waals surface area contributed by atoms with Crippen molar-refractivity contribution in [2.24, 2.45) is 0 Å². The lowest BCUT2D eigenvalue weighted by Gasteiger charge is -2.25. The maximum absolute atomic E-state index is 14.9. The van der Waals surface area contributed by atoms with E-state index < -0.39 is 5.67 Å². The van der Waals surface area contributed by atoms with Crippen LogP contribution in [0.5, 0.6) is 0 Å². The van der Waals surface area contributed by atoms with Crippen LogP contribution in [-0.2, 0) is 6.42 Å². The Morgan fingerprint density at radius 2 is 2.07 bits per heavy atom. The number of rotatable bonds is 7. The molecule has 0 saturated heterocycles. The Bertz CT molecular complexity index is 843. The quantitative estimate of drug-likeness (QED) is 0.548. The summed E-state index contributed by atoms with van der Waals surface area (Å²) in [6, 6.07) is 3.80. The fourth-order valence-corrected chi connectivity index (χ4v) is 4.50. The molecule has 4 heteroatoms. The summed E-state index contributed by atoms with van der Waals surface area (Å²) >= 11 is 0. The van der Waals surface area contributed by atoms with Crippen LogP contribution in [0.15, 0.2) is 47.2 Å². The number of nitrogens with zero attached hydrogens (tertiary/aromatic N) is 1. The monoisotopic (exact) mass is 400 g/mol. The van der Waals surface area contributed by atoms with Gasteiger partial charge in [0, 0.05) is 36.5 Å². The van der Waals surface area contributed by atoms with Gasteiger partial charge >= 0.3 is 0 Å². The molecule has 1 aromatic carbocycles. The van der Waals surface area contributed by atoms with E-state index in [0.717, 1.165) is 42.5 Å². The number of benzene rings is 1. The van der Waals surface area contributed by atoms with Crippen LogP contribution in [0.2, 0.25) is 0 Å². The lowest BCUT2D eigenvalue weighted by atomic mass is 9.88. The maximum atomic E-state index is 14.9. The van der Waals surface area contributed by atoms with Crippen molar-refractivity contribution < 1.29 is 8.78 Å². The molecule has 1 aromatic rings. The maximum Gasteiger partial charge on any atom is 0.129 e. The Labute approximate surface area is 174 Å². The first-order valence-electron chi connectivity index (χ1n) is 10.8. The van der Waals surface area contributed by atoms with E-state index in [4.69, 9.17) is 0 Å². The van der Waals surface area contributed by atoms with Crippen LogP contribution >= 0.6 is 0 Å². The molecule has 29 heavy (non-hydrogen) atoms. The molecular weight excluding hydrogens is 366 g/mol. The SMILES string of the molecule is CCc1cc(F)c2c(c1)N(C)/C(=C(/CCNCC(C)(C)F)C1=CC=CCC1)C2C. The Morgan fingerprint density at radius 1 is 1.31 bits per heavy atom. The topological polar surface area (TPSA) is 15.3 Å². The highest BCUT2D eigenvalue weighted by Gasteiger charge is 2.34. The first kappa shape index (κ1) is 21.8. The predicted octanol–water partition coefficient (Wildman–Crippen LogP) is 6.20. The second-order valence-corrected chi connectivity index (χ2v) is 8.81. The molecule has 1 aliphatic heterocycles. The van der Waals surface area contributed by atoms with E-state index in [-0.39, 0.29) is 11.7 Å². The van der Waals surface area contributed by atoms with Crippen LogP contribution in [0, 0.1) is 5.82 Å². The van der Waals surface area contributed by atoms with Crippen molar-refractivity contribution in [1.29, 1.82) is 0 Å². The van der Waals surface area contributed by atoms with Gasteiger partial charge in [-0.2, -0.15) is 0 Å². The minimum absolute atomic E-state index is 0.000304. The normalized spacial score (nSPS) is 20.7. The van der Waals surface area contributed by atoms with Crippen molar-refractivity contribution in [3.63, 3.8) is 0 Å². The largest absolute Gasteiger partial charge is 0.347 e. The number of hydrogen-bond acceptors (Lipinski definition) is 2. The Hall–Kier alpha value is -1.94. The van der Waals surface area contributed by atoms with Gasteiger partial charge in [-0.25, -0.2) is 8.78 Å². The smallest absolute Gasteiger partial charge is 0.129 e. The third-order valence-electron chi connectivity index (χ3n) is 5.95. The first-order chi connectivity index (χ1) is 13.7. The molecule has 1 heterocycles. The van der Waals surface area contributed by atoms with E-state index in [9.17, 15) is 8.78 Å². The van der Waals surface area contributed by atoms with Crippen LogP contribution in [0.4, 0.5) is 14.5 Å². The van der Waals surface area contributed by atoms with Crippen LogP contribution in [0.3, 0.4) is 0 Å². The third kappa shape index (κ3) is 4.80. The average molecular weight is 401 g/mol. The number of allylic oxidation sites excluding steroid dienone is 5. The molecule has 3 rings (SSSR count). The average Bonchev–Trinajstić information content (AvgIpc) is 2.93. The fraction of sp³-hybridized carbons (Fsp3) is 0.520. The van der Waals surface area contributed by atoms with Gasteiger partial charge in [-0.15, -0.1) is 0 Å². The molecular formula is C25H34F2N2. The van der Waals surface area contributed by atoms with Crippen molar-refractivity contribution in [1.82, 2.24) is 5.32 Å². The molecule has 1 N–H and O–H groups in total. The standard InChI is InChI=1S/C25H34F2N2/c1-6-18-14-21(26)23-17(2)24(29(5)22(23)15-18)20(19-10-8-7-9-11-19)12-13-28-16-25(3,4)27/h7-8,10,14-15,17,28H,6,9,11-13,16H2,1-5H3/b24-20-. The van der Waals surface area contributed by atoms with Crippen LogP contribution in [0.25, 0.3) is 0 Å². The Morgan fingerprint density at radius 3 is 2.69 bits per heavy atom. The number of nitrogens with one attached hydrogen (secondary N) is 1. The second kappa shape index (κ2) is 8.83. The van der Waals surface area contributed by atoms with E-state index in [2.05, 4.69) is 48.4 Å². The fourth-order valence-electron chi connectivity index (χ4n) is 4.50. The van der Waals surface area contributed by atoms with Crippen LogP contribution < -0.4 is 10.2 Å². The number of hydrogen-bond donors (Lipinski definition) is 1. The molecule has 0 radical (unpaired) electrons. The van der Waals surface area contributed by atoms with Gasteiger partial charge in [0.05, 0.1) is 0 Å². The summed E-state index contributed by atoms with van der Waals surface area (Å²) in [7, 11) is 2.05. The van der Waals surface area contributed by atoms with E-state index in [0.29, 0.717) is 13.1 Å². The molecule has 1 atom stereocenters. The molecule has 0 spiro atoms. The summed E-state index contributed by atoms with van der Waals surface area (Å²) in [5.41, 5.74) is 5.32. The number of anilines is 1. The molecule has 2 aliphatic rings. The van der Waals surface area contributed by atoms with Gasteiger partial charge in [-0.3, -0.25) is 0 Å². The van der Waals surface area contributed by atoms with Crippen molar-refractivity contribution in [3.8, 4) is 0 Å². The highest BCUT2D eigenvalue weighted by atomic mass is 19.1. The summed E-state index contributed by atoms with van der Waals surface area (Å²) in [4.78, 5) is 2.18. The first-order valence-corrected chi connectivity index (χ1v) is 10.8. The number of likely N-dealkylation sites (N-methyl/N-ethyl adjacent to an activating group) is 1. The summed E-state index contributed by atoms with van der Waals surface area (Å²) < 4.78 is 28.8. The lowest BCUT2D eigenvalue weighted by molar-refractivity contribution is 0.211. The number of aryl methyl sites for hydroxylation is 1. The molecule has 0 amide bonds. The van der Waals surface area contributed by atoms with E-state index in [1.165, 1.54) is 16.8 Å². The molecule has 2 nitrogen and oxygen atoms in total. The molecule has 158 valence electrons. The Balaban J connectivity index is 1.97. The summed E-state index contributed by atoms with van der Waals surface area (Å²) in [6.45, 7) is 8.36. The van der Waals surface area contributed by atoms with Gasteiger partial charge in [-0.1, -0.05) is 32.1 Å². The molecule has 0 fully saturated rings. The van der Waals surface area contributed by atoms with E-state index in [1.807, 2.05) is 7.05 Å². The molecule has 1 aliphatic carbocycles. The summed E-state index contributed by atoms with van der Waals surface area (Å²) in [5, 5.41) is 3.25. The molecule has 1 unspecified atom stereocenters. The highest BCUT2D eigenvalue weighted by Crippen LogP contribution is 2.47. The Kier molecular flexibility index (Phi) is 6.62. The molecule has 0 bridgehead atoms. The zero-order valence-electron chi connectivity index (χ0n) is 18.4. The van der Waals surface area contributed by atoms with Gasteiger partial charge in [0.2, 0.25) is 0 Å². The third-order valence-corrected chi connectivity index (χ3v) is 5.95. The second-order valence-electron chi connectivity index (χ2n) is 8.81. The van der Waals surface area contributed by atoms with Gasteiger partial charge < -0.3 is 10.2 Å². The molecule has 0 aromatic heterocycles. The minimum Gasteiger partial charge on any atom is -0.347 e.